The van der Waals surface area contributed by atoms with Gasteiger partial charge in [-0.15, -0.1) is 5.73 Å². The summed E-state index contributed by atoms with van der Waals surface area (Å²) in [5, 5.41) is 0. The van der Waals surface area contributed by atoms with Crippen LogP contribution in [0.4, 0.5) is 0 Å². The van der Waals surface area contributed by atoms with Gasteiger partial charge >= 0.3 is 0 Å². The Bertz CT molecular complexity index is 1430. The van der Waals surface area contributed by atoms with Gasteiger partial charge in [0.2, 0.25) is 5.91 Å². The number of carbonyl (C=O) groups excluding carboxylic acids is 2. The summed E-state index contributed by atoms with van der Waals surface area (Å²) >= 11 is 0. The number of amides is 1. The Hall–Kier alpha value is -3.82. The molecule has 2 fully saturated rings. The van der Waals surface area contributed by atoms with E-state index in [1.54, 1.807) is 6.92 Å². The van der Waals surface area contributed by atoms with Crippen LogP contribution in [0.5, 0.6) is 0 Å². The maximum absolute atomic E-state index is 13.0. The molecule has 1 unspecified atom stereocenters. The van der Waals surface area contributed by atoms with Crippen molar-refractivity contribution in [2.75, 3.05) is 0 Å². The van der Waals surface area contributed by atoms with E-state index in [0.29, 0.717) is 17.9 Å². The van der Waals surface area contributed by atoms with Crippen molar-refractivity contribution in [2.45, 2.75) is 70.1 Å². The third kappa shape index (κ3) is 5.54. The van der Waals surface area contributed by atoms with Crippen molar-refractivity contribution in [3.05, 3.63) is 101 Å². The lowest BCUT2D eigenvalue weighted by atomic mass is 9.86. The van der Waals surface area contributed by atoms with Gasteiger partial charge < -0.3 is 5.73 Å². The second-order valence-corrected chi connectivity index (χ2v) is 11.1. The van der Waals surface area contributed by atoms with Crippen molar-refractivity contribution in [1.29, 1.82) is 0 Å². The number of allylic oxidation sites excluding steroid dienone is 4. The summed E-state index contributed by atoms with van der Waals surface area (Å²) in [6, 6.07) is 10.3. The second kappa shape index (κ2) is 10.5. The highest BCUT2D eigenvalue weighted by Crippen LogP contribution is 2.54. The molecule has 5 rings (SSSR count). The standard InChI is InChI=1S/C33H35N3O2/c1-4-5-27(30-19-25(11-15-35-30)23-6-7-23)20-36-22(3)24-10-12-33(13-14-33)29-9-8-26(18-28(29)17-24)32(38)21(2)16-31(34)37/h5,8-11,15,18-21,23H,1,6-7,12-14,16-17H2,2-3H3,(H2,34,37)/b27-20+,36-22+. The van der Waals surface area contributed by atoms with Gasteiger partial charge in [0.25, 0.3) is 0 Å². The number of aliphatic imine (C=N–C) groups is 1. The van der Waals surface area contributed by atoms with Gasteiger partial charge in [0, 0.05) is 41.6 Å². The zero-order valence-electron chi connectivity index (χ0n) is 22.3. The van der Waals surface area contributed by atoms with Crippen molar-refractivity contribution >= 4 is 23.0 Å². The molecule has 1 amide bonds. The summed E-state index contributed by atoms with van der Waals surface area (Å²) < 4.78 is 0. The Labute approximate surface area is 225 Å². The zero-order valence-corrected chi connectivity index (χ0v) is 22.3. The highest BCUT2D eigenvalue weighted by Gasteiger charge is 2.45. The molecule has 5 heteroatoms. The summed E-state index contributed by atoms with van der Waals surface area (Å²) in [7, 11) is 0. The molecule has 1 spiro atoms. The van der Waals surface area contributed by atoms with E-state index in [4.69, 9.17) is 10.7 Å². The summed E-state index contributed by atoms with van der Waals surface area (Å²) in [4.78, 5) is 33.8. The first-order chi connectivity index (χ1) is 18.3. The molecule has 1 aromatic heterocycles. The third-order valence-electron chi connectivity index (χ3n) is 8.14. The van der Waals surface area contributed by atoms with Gasteiger partial charge in [-0.3, -0.25) is 19.6 Å². The van der Waals surface area contributed by atoms with E-state index >= 15 is 0 Å². The number of nitrogens with two attached hydrogens (primary N) is 1. The molecule has 1 atom stereocenters. The summed E-state index contributed by atoms with van der Waals surface area (Å²) in [6.45, 7) is 7.57. The molecule has 3 aliphatic rings. The monoisotopic (exact) mass is 505 g/mol. The number of benzene rings is 1. The predicted octanol–water partition coefficient (Wildman–Crippen LogP) is 6.40. The minimum absolute atomic E-state index is 0.0404. The lowest BCUT2D eigenvalue weighted by Gasteiger charge is -2.18. The van der Waals surface area contributed by atoms with Gasteiger partial charge in [0.1, 0.15) is 0 Å². The number of hydrogen-bond acceptors (Lipinski definition) is 4. The van der Waals surface area contributed by atoms with Crippen LogP contribution in [0.1, 0.15) is 91.0 Å². The number of rotatable bonds is 9. The minimum Gasteiger partial charge on any atom is -0.370 e. The summed E-state index contributed by atoms with van der Waals surface area (Å²) in [5.41, 5.74) is 16.7. The molecule has 2 aromatic rings. The molecule has 0 saturated heterocycles. The van der Waals surface area contributed by atoms with Gasteiger partial charge in [-0.2, -0.15) is 0 Å². The number of fused-ring (bicyclic) bond motifs is 2. The number of primary amides is 1. The maximum atomic E-state index is 13.0. The zero-order chi connectivity index (χ0) is 26.9. The first-order valence-corrected chi connectivity index (χ1v) is 13.5. The predicted molar refractivity (Wildman–Crippen MR) is 152 cm³/mol. The van der Waals surface area contributed by atoms with Crippen LogP contribution in [0.25, 0.3) is 5.57 Å². The van der Waals surface area contributed by atoms with Gasteiger partial charge in [0.05, 0.1) is 5.69 Å². The number of pyridine rings is 1. The first kappa shape index (κ1) is 25.8. The molecule has 0 bridgehead atoms. The SMILES string of the molecule is C=C=C/C(=C\N=C(/C)C1=CCC2(CC2)c2ccc(C(=O)C(C)CC(N)=O)cc2C1)c1cc(C2CC2)ccn1. The molecule has 1 aromatic carbocycles. The Morgan fingerprint density at radius 2 is 2.05 bits per heavy atom. The molecule has 0 aliphatic heterocycles. The van der Waals surface area contributed by atoms with Gasteiger partial charge in [-0.25, -0.2) is 0 Å². The highest BCUT2D eigenvalue weighted by atomic mass is 16.1. The van der Waals surface area contributed by atoms with Crippen molar-refractivity contribution in [3.63, 3.8) is 0 Å². The molecule has 3 aliphatic carbocycles. The third-order valence-corrected chi connectivity index (χ3v) is 8.14. The van der Waals surface area contributed by atoms with Crippen LogP contribution < -0.4 is 5.73 Å². The highest BCUT2D eigenvalue weighted by molar-refractivity contribution is 6.01. The van der Waals surface area contributed by atoms with Crippen LogP contribution in [0, 0.1) is 5.92 Å². The van der Waals surface area contributed by atoms with Gasteiger partial charge in [-0.05, 0) is 103 Å². The molecule has 2 N–H and O–H groups in total. The van der Waals surface area contributed by atoms with Crippen LogP contribution in [0.15, 0.2) is 77.8 Å². The minimum atomic E-state index is -0.456. The fraction of sp³-hybridized carbons (Fsp3) is 0.364. The van der Waals surface area contributed by atoms with E-state index in [0.717, 1.165) is 36.2 Å². The first-order valence-electron chi connectivity index (χ1n) is 13.5. The van der Waals surface area contributed by atoms with E-state index in [1.165, 1.54) is 35.1 Å². The Kier molecular flexibility index (Phi) is 7.14. The second-order valence-electron chi connectivity index (χ2n) is 11.1. The van der Waals surface area contributed by atoms with Crippen LogP contribution in [0.2, 0.25) is 0 Å². The lowest BCUT2D eigenvalue weighted by molar-refractivity contribution is -0.118. The number of nitrogens with zero attached hydrogens (tertiary/aromatic N) is 2. The number of Topliss-reactive ketones (excluding diaryl/α,β-unsaturated/α-hetero) is 1. The fourth-order valence-corrected chi connectivity index (χ4v) is 5.51. The smallest absolute Gasteiger partial charge is 0.218 e. The quantitative estimate of drug-likeness (QED) is 0.185. The molecular weight excluding hydrogens is 470 g/mol. The van der Waals surface area contributed by atoms with E-state index in [1.807, 2.05) is 37.5 Å². The number of hydrogen-bond donors (Lipinski definition) is 1. The van der Waals surface area contributed by atoms with E-state index < -0.39 is 11.8 Å². The average molecular weight is 506 g/mol. The number of carbonyl (C=O) groups is 2. The molecule has 1 heterocycles. The van der Waals surface area contributed by atoms with Gasteiger partial charge in [0.15, 0.2) is 5.78 Å². The van der Waals surface area contributed by atoms with E-state index in [-0.39, 0.29) is 17.6 Å². The van der Waals surface area contributed by atoms with E-state index in [2.05, 4.69) is 41.6 Å². The van der Waals surface area contributed by atoms with Crippen LogP contribution >= 0.6 is 0 Å². The fourth-order valence-electron chi connectivity index (χ4n) is 5.51. The van der Waals surface area contributed by atoms with Crippen molar-refractivity contribution in [3.8, 4) is 0 Å². The van der Waals surface area contributed by atoms with Crippen molar-refractivity contribution in [1.82, 2.24) is 4.98 Å². The molecule has 194 valence electrons. The molecule has 0 radical (unpaired) electrons. The Balaban J connectivity index is 1.43. The number of aromatic nitrogens is 1. The van der Waals surface area contributed by atoms with Crippen LogP contribution in [0.3, 0.4) is 0 Å². The van der Waals surface area contributed by atoms with Gasteiger partial charge in [-0.1, -0.05) is 31.7 Å². The largest absolute Gasteiger partial charge is 0.370 e. The molecule has 2 saturated carbocycles. The van der Waals surface area contributed by atoms with E-state index in [9.17, 15) is 9.59 Å². The molecule has 5 nitrogen and oxygen atoms in total. The maximum Gasteiger partial charge on any atom is 0.218 e. The topological polar surface area (TPSA) is 85.4 Å². The average Bonchev–Trinajstić information content (AvgIpc) is 3.82. The van der Waals surface area contributed by atoms with Crippen LogP contribution in [-0.2, 0) is 16.6 Å². The Morgan fingerprint density at radius 1 is 1.26 bits per heavy atom. The van der Waals surface area contributed by atoms with Crippen LogP contribution in [-0.4, -0.2) is 22.4 Å². The number of ketones is 1. The van der Waals surface area contributed by atoms with Crippen molar-refractivity contribution < 1.29 is 9.59 Å². The summed E-state index contributed by atoms with van der Waals surface area (Å²) in [5.74, 6) is -0.278. The normalized spacial score (nSPS) is 19.1. The van der Waals surface area contributed by atoms with Crippen molar-refractivity contribution in [2.24, 2.45) is 16.6 Å². The molecular formula is C33H35N3O2. The lowest BCUT2D eigenvalue weighted by Crippen LogP contribution is -2.21. The summed E-state index contributed by atoms with van der Waals surface area (Å²) in [6.07, 6.45) is 14.4. The Morgan fingerprint density at radius 3 is 2.74 bits per heavy atom. The molecule has 38 heavy (non-hydrogen) atoms.